The molecule has 0 spiro atoms. The highest BCUT2D eigenvalue weighted by molar-refractivity contribution is 5.94. The normalized spacial score (nSPS) is 14.6. The fourth-order valence-electron chi connectivity index (χ4n) is 5.42. The standard InChI is InChI=1S/C29H30N8/c1-19-32-24-17-22(9-10-25(24)35(19)4)26-27(21-7-5-20(18-30)6-8-21)33-29(37-16-13-31-28(26)37)36-14-11-23(12-15-36)34(2)3/h5-10,13,16-17,23H,11-12,14-15H2,1-4H3. The largest absolute Gasteiger partial charge is 0.342 e. The summed E-state index contributed by atoms with van der Waals surface area (Å²) in [6, 6.07) is 16.8. The van der Waals surface area contributed by atoms with Crippen LogP contribution in [0, 0.1) is 18.3 Å². The maximum atomic E-state index is 9.35. The Hall–Kier alpha value is -4.22. The highest BCUT2D eigenvalue weighted by Crippen LogP contribution is 2.38. The summed E-state index contributed by atoms with van der Waals surface area (Å²) in [5.41, 5.74) is 7.34. The van der Waals surface area contributed by atoms with Crippen molar-refractivity contribution in [3.63, 3.8) is 0 Å². The molecule has 186 valence electrons. The SMILES string of the molecule is Cc1nc2cc(-c3c(-c4ccc(C#N)cc4)nc(N4CCC(N(C)C)CC4)n4ccnc34)ccc2n1C. The van der Waals surface area contributed by atoms with Gasteiger partial charge in [0.15, 0.2) is 0 Å². The van der Waals surface area contributed by atoms with Gasteiger partial charge in [0.1, 0.15) is 11.5 Å². The summed E-state index contributed by atoms with van der Waals surface area (Å²) < 4.78 is 4.22. The van der Waals surface area contributed by atoms with E-state index in [0.717, 1.165) is 76.8 Å². The molecular weight excluding hydrogens is 460 g/mol. The Morgan fingerprint density at radius 3 is 2.43 bits per heavy atom. The highest BCUT2D eigenvalue weighted by Gasteiger charge is 2.26. The molecule has 6 rings (SSSR count). The summed E-state index contributed by atoms with van der Waals surface area (Å²) in [6.45, 7) is 3.90. The monoisotopic (exact) mass is 490 g/mol. The summed E-state index contributed by atoms with van der Waals surface area (Å²) in [5, 5.41) is 9.35. The minimum atomic E-state index is 0.584. The maximum Gasteiger partial charge on any atom is 0.211 e. The number of benzene rings is 2. The van der Waals surface area contributed by atoms with E-state index in [4.69, 9.17) is 15.0 Å². The molecule has 8 heteroatoms. The van der Waals surface area contributed by atoms with Crippen molar-refractivity contribution in [3.05, 3.63) is 66.2 Å². The lowest BCUT2D eigenvalue weighted by Crippen LogP contribution is -2.43. The molecule has 8 nitrogen and oxygen atoms in total. The average Bonchev–Trinajstić information content (AvgIpc) is 3.52. The van der Waals surface area contributed by atoms with Crippen LogP contribution in [0.1, 0.15) is 24.2 Å². The van der Waals surface area contributed by atoms with Gasteiger partial charge < -0.3 is 14.4 Å². The molecule has 0 bridgehead atoms. The van der Waals surface area contributed by atoms with E-state index >= 15 is 0 Å². The van der Waals surface area contributed by atoms with Crippen LogP contribution in [0.25, 0.3) is 39.1 Å². The number of rotatable bonds is 4. The summed E-state index contributed by atoms with van der Waals surface area (Å²) >= 11 is 0. The number of piperidine rings is 1. The molecule has 0 unspecified atom stereocenters. The first kappa shape index (κ1) is 23.2. The zero-order valence-corrected chi connectivity index (χ0v) is 21.7. The van der Waals surface area contributed by atoms with Crippen molar-refractivity contribution in [2.45, 2.75) is 25.8 Å². The van der Waals surface area contributed by atoms with Crippen molar-refractivity contribution in [3.8, 4) is 28.5 Å². The number of hydrogen-bond acceptors (Lipinski definition) is 6. The van der Waals surface area contributed by atoms with Crippen molar-refractivity contribution in [1.82, 2.24) is 28.8 Å². The predicted molar refractivity (Wildman–Crippen MR) is 147 cm³/mol. The second-order valence-electron chi connectivity index (χ2n) is 10.0. The van der Waals surface area contributed by atoms with Crippen LogP contribution in [0.5, 0.6) is 0 Å². The number of aryl methyl sites for hydroxylation is 2. The fourth-order valence-corrected chi connectivity index (χ4v) is 5.42. The van der Waals surface area contributed by atoms with Crippen molar-refractivity contribution < 1.29 is 0 Å². The molecule has 1 aliphatic rings. The van der Waals surface area contributed by atoms with E-state index in [9.17, 15) is 5.26 Å². The first-order chi connectivity index (χ1) is 17.9. The Bertz CT molecular complexity index is 1640. The van der Waals surface area contributed by atoms with Crippen LogP contribution >= 0.6 is 0 Å². The Morgan fingerprint density at radius 2 is 1.73 bits per heavy atom. The zero-order valence-electron chi connectivity index (χ0n) is 21.7. The van der Waals surface area contributed by atoms with Gasteiger partial charge in [-0.3, -0.25) is 4.40 Å². The first-order valence-corrected chi connectivity index (χ1v) is 12.7. The van der Waals surface area contributed by atoms with Gasteiger partial charge in [-0.25, -0.2) is 15.0 Å². The quantitative estimate of drug-likeness (QED) is 0.365. The molecule has 1 aliphatic heterocycles. The first-order valence-electron chi connectivity index (χ1n) is 12.7. The molecule has 1 saturated heterocycles. The molecule has 0 saturated carbocycles. The van der Waals surface area contributed by atoms with Crippen molar-refractivity contribution >= 4 is 22.6 Å². The van der Waals surface area contributed by atoms with Gasteiger partial charge in [0, 0.05) is 44.1 Å². The number of aromatic nitrogens is 5. The number of anilines is 1. The van der Waals surface area contributed by atoms with E-state index in [0.29, 0.717) is 11.6 Å². The Kier molecular flexibility index (Phi) is 5.65. The second-order valence-corrected chi connectivity index (χ2v) is 10.0. The number of imidazole rings is 2. The summed E-state index contributed by atoms with van der Waals surface area (Å²) in [4.78, 5) is 19.6. The van der Waals surface area contributed by atoms with Gasteiger partial charge in [0.25, 0.3) is 0 Å². The van der Waals surface area contributed by atoms with Crippen LogP contribution in [0.4, 0.5) is 5.95 Å². The highest BCUT2D eigenvalue weighted by atomic mass is 15.3. The lowest BCUT2D eigenvalue weighted by molar-refractivity contribution is 0.249. The van der Waals surface area contributed by atoms with Gasteiger partial charge in [-0.2, -0.15) is 5.26 Å². The molecule has 3 aromatic heterocycles. The predicted octanol–water partition coefficient (Wildman–Crippen LogP) is 4.66. The van der Waals surface area contributed by atoms with E-state index in [1.54, 1.807) is 0 Å². The third-order valence-electron chi connectivity index (χ3n) is 7.69. The Labute approximate surface area is 216 Å². The van der Waals surface area contributed by atoms with Crippen LogP contribution in [-0.4, -0.2) is 62.0 Å². The molecule has 0 amide bonds. The number of nitriles is 1. The topological polar surface area (TPSA) is 78.3 Å². The van der Waals surface area contributed by atoms with E-state index < -0.39 is 0 Å². The van der Waals surface area contributed by atoms with Crippen LogP contribution in [0.2, 0.25) is 0 Å². The molecular formula is C29H30N8. The number of hydrogen-bond donors (Lipinski definition) is 0. The van der Waals surface area contributed by atoms with Crippen LogP contribution in [-0.2, 0) is 7.05 Å². The minimum Gasteiger partial charge on any atom is -0.342 e. The Morgan fingerprint density at radius 1 is 1.00 bits per heavy atom. The molecule has 0 aliphatic carbocycles. The third kappa shape index (κ3) is 3.92. The molecule has 0 N–H and O–H groups in total. The third-order valence-corrected chi connectivity index (χ3v) is 7.69. The maximum absolute atomic E-state index is 9.35. The molecule has 1 fully saturated rings. The van der Waals surface area contributed by atoms with Crippen LogP contribution < -0.4 is 4.90 Å². The molecule has 5 aromatic rings. The molecule has 37 heavy (non-hydrogen) atoms. The number of nitrogens with zero attached hydrogens (tertiary/aromatic N) is 8. The fraction of sp³-hybridized carbons (Fsp3) is 0.310. The van der Waals surface area contributed by atoms with Crippen molar-refractivity contribution in [2.75, 3.05) is 32.1 Å². The van der Waals surface area contributed by atoms with Gasteiger partial charge in [0.05, 0.1) is 33.9 Å². The Balaban J connectivity index is 1.56. The average molecular weight is 491 g/mol. The van der Waals surface area contributed by atoms with Gasteiger partial charge in [0.2, 0.25) is 5.95 Å². The van der Waals surface area contributed by atoms with E-state index in [1.165, 1.54) is 0 Å². The van der Waals surface area contributed by atoms with Gasteiger partial charge >= 0.3 is 0 Å². The summed E-state index contributed by atoms with van der Waals surface area (Å²) in [7, 11) is 6.35. The van der Waals surface area contributed by atoms with Crippen LogP contribution in [0.3, 0.4) is 0 Å². The second kappa shape index (κ2) is 9.02. The lowest BCUT2D eigenvalue weighted by atomic mass is 9.98. The summed E-state index contributed by atoms with van der Waals surface area (Å²) in [5.74, 6) is 1.88. The molecule has 0 radical (unpaired) electrons. The number of fused-ring (bicyclic) bond motifs is 2. The van der Waals surface area contributed by atoms with Crippen molar-refractivity contribution in [2.24, 2.45) is 7.05 Å². The van der Waals surface area contributed by atoms with Gasteiger partial charge in [-0.1, -0.05) is 18.2 Å². The van der Waals surface area contributed by atoms with Crippen LogP contribution in [0.15, 0.2) is 54.9 Å². The van der Waals surface area contributed by atoms with E-state index in [-0.39, 0.29) is 0 Å². The molecule has 0 atom stereocenters. The van der Waals surface area contributed by atoms with Gasteiger partial charge in [-0.15, -0.1) is 0 Å². The minimum absolute atomic E-state index is 0.584. The molecule has 2 aromatic carbocycles. The van der Waals surface area contributed by atoms with Gasteiger partial charge in [-0.05, 0) is 63.7 Å². The lowest BCUT2D eigenvalue weighted by Gasteiger charge is -2.36. The summed E-state index contributed by atoms with van der Waals surface area (Å²) in [6.07, 6.45) is 6.04. The zero-order chi connectivity index (χ0) is 25.7. The molecule has 4 heterocycles. The van der Waals surface area contributed by atoms with Crippen molar-refractivity contribution in [1.29, 1.82) is 5.26 Å². The van der Waals surface area contributed by atoms with E-state index in [1.807, 2.05) is 50.6 Å². The smallest absolute Gasteiger partial charge is 0.211 e. The van der Waals surface area contributed by atoms with E-state index in [2.05, 4.69) is 57.1 Å².